The number of hydrogen-bond acceptors (Lipinski definition) is 7. The number of aliphatic carboxylic acids is 1. The molecule has 3 aliphatic rings. The van der Waals surface area contributed by atoms with Crippen LogP contribution in [0.15, 0.2) is 4.99 Å². The van der Waals surface area contributed by atoms with Crippen LogP contribution in [-0.4, -0.2) is 60.9 Å². The Balaban J connectivity index is 1.47. The van der Waals surface area contributed by atoms with Crippen LogP contribution in [0.2, 0.25) is 0 Å². The molecule has 2 aliphatic carbocycles. The highest BCUT2D eigenvalue weighted by Gasteiger charge is 2.43. The molecule has 3 amide bonds. The van der Waals surface area contributed by atoms with Crippen molar-refractivity contribution in [2.45, 2.75) is 83.1 Å². The number of aliphatic imine (C=N–C) groups is 1. The number of carboxylic acids is 1. The number of nitrogens with one attached hydrogen (secondary N) is 3. The topological polar surface area (TPSA) is 155 Å². The van der Waals surface area contributed by atoms with Gasteiger partial charge in [0.05, 0.1) is 19.1 Å². The summed E-state index contributed by atoms with van der Waals surface area (Å²) in [7, 11) is 0. The summed E-state index contributed by atoms with van der Waals surface area (Å²) in [6.45, 7) is 0.814. The van der Waals surface area contributed by atoms with E-state index in [1.54, 1.807) is 0 Å². The van der Waals surface area contributed by atoms with Crippen molar-refractivity contribution in [2.24, 2.45) is 22.7 Å². The van der Waals surface area contributed by atoms with Gasteiger partial charge in [0.1, 0.15) is 6.04 Å². The third-order valence-corrected chi connectivity index (χ3v) is 7.04. The molecule has 0 bridgehead atoms. The SMILES string of the molecule is O=C(NC(=NCCC[C@H]1C(=O)N[C@@H]1C(=O)O)NC(=O)OCC1CCCCC1)OCC1CCCCC1. The van der Waals surface area contributed by atoms with Crippen LogP contribution in [0.5, 0.6) is 0 Å². The first-order valence-electron chi connectivity index (χ1n) is 12.9. The zero-order valence-corrected chi connectivity index (χ0v) is 20.3. The van der Waals surface area contributed by atoms with Gasteiger partial charge in [0, 0.05) is 6.54 Å². The minimum Gasteiger partial charge on any atom is -0.480 e. The second kappa shape index (κ2) is 13.9. The van der Waals surface area contributed by atoms with Crippen molar-refractivity contribution in [3.8, 4) is 0 Å². The van der Waals surface area contributed by atoms with Crippen molar-refractivity contribution in [3.05, 3.63) is 0 Å². The maximum absolute atomic E-state index is 12.3. The molecule has 3 rings (SSSR count). The molecule has 35 heavy (non-hydrogen) atoms. The molecule has 1 saturated heterocycles. The largest absolute Gasteiger partial charge is 0.480 e. The van der Waals surface area contributed by atoms with Gasteiger partial charge in [0.2, 0.25) is 11.9 Å². The standard InChI is InChI=1S/C24H38N4O7/c29-20-18(19(26-20)21(30)31)12-7-13-25-22(27-23(32)34-14-16-8-3-1-4-9-16)28-24(33)35-15-17-10-5-2-6-11-17/h16-19H,1-15H2,(H,26,29)(H,30,31)(H2,25,27,28,32,33)/t18-,19+/m1/s1. The highest BCUT2D eigenvalue weighted by Crippen LogP contribution is 2.24. The molecule has 0 aromatic carbocycles. The van der Waals surface area contributed by atoms with Gasteiger partial charge < -0.3 is 19.9 Å². The van der Waals surface area contributed by atoms with Gasteiger partial charge in [-0.05, 0) is 50.4 Å². The number of hydrogen-bond donors (Lipinski definition) is 4. The second-order valence-electron chi connectivity index (χ2n) is 9.76. The first-order chi connectivity index (χ1) is 16.9. The summed E-state index contributed by atoms with van der Waals surface area (Å²) in [6.07, 6.45) is 10.4. The molecule has 11 nitrogen and oxygen atoms in total. The minimum atomic E-state index is -1.07. The summed E-state index contributed by atoms with van der Waals surface area (Å²) in [6, 6.07) is -0.883. The molecule has 0 unspecified atom stereocenters. The summed E-state index contributed by atoms with van der Waals surface area (Å²) in [5.74, 6) is -1.36. The molecule has 3 fully saturated rings. The third-order valence-electron chi connectivity index (χ3n) is 7.04. The number of rotatable bonds is 9. The molecular weight excluding hydrogens is 456 g/mol. The Kier molecular flexibility index (Phi) is 10.6. The lowest BCUT2D eigenvalue weighted by Gasteiger charge is -2.33. The molecule has 1 heterocycles. The van der Waals surface area contributed by atoms with E-state index in [-0.39, 0.29) is 18.4 Å². The van der Waals surface area contributed by atoms with Crippen LogP contribution < -0.4 is 16.0 Å². The van der Waals surface area contributed by atoms with E-state index in [9.17, 15) is 19.2 Å². The van der Waals surface area contributed by atoms with Crippen LogP contribution in [0.3, 0.4) is 0 Å². The molecule has 196 valence electrons. The van der Waals surface area contributed by atoms with E-state index >= 15 is 0 Å². The summed E-state index contributed by atoms with van der Waals surface area (Å²) in [4.78, 5) is 51.6. The Hall–Kier alpha value is -2.85. The molecule has 11 heteroatoms. The predicted octanol–water partition coefficient (Wildman–Crippen LogP) is 2.93. The Morgan fingerprint density at radius 2 is 1.40 bits per heavy atom. The summed E-state index contributed by atoms with van der Waals surface area (Å²) in [5, 5.41) is 16.4. The Bertz CT molecular complexity index is 738. The number of alkyl carbamates (subject to hydrolysis) is 2. The fourth-order valence-corrected chi connectivity index (χ4v) is 4.92. The van der Waals surface area contributed by atoms with Gasteiger partial charge in [-0.15, -0.1) is 0 Å². The van der Waals surface area contributed by atoms with Gasteiger partial charge in [-0.2, -0.15) is 0 Å². The van der Waals surface area contributed by atoms with E-state index in [0.717, 1.165) is 51.4 Å². The van der Waals surface area contributed by atoms with Gasteiger partial charge in [0.25, 0.3) is 0 Å². The number of β-lactam (4-membered cyclic amide) rings is 1. The smallest absolute Gasteiger partial charge is 0.413 e. The number of nitrogens with zero attached hydrogens (tertiary/aromatic N) is 1. The van der Waals surface area contributed by atoms with E-state index in [4.69, 9.17) is 14.6 Å². The number of carbonyl (C=O) groups excluding carboxylic acids is 3. The normalized spacial score (nSPS) is 22.8. The van der Waals surface area contributed by atoms with Crippen molar-refractivity contribution in [3.63, 3.8) is 0 Å². The lowest BCUT2D eigenvalue weighted by atomic mass is 9.86. The number of amides is 3. The fourth-order valence-electron chi connectivity index (χ4n) is 4.92. The molecule has 1 aliphatic heterocycles. The maximum atomic E-state index is 12.3. The molecule has 0 radical (unpaired) electrons. The highest BCUT2D eigenvalue weighted by atomic mass is 16.6. The average Bonchev–Trinajstić information content (AvgIpc) is 2.85. The monoisotopic (exact) mass is 494 g/mol. The summed E-state index contributed by atoms with van der Waals surface area (Å²) in [5.41, 5.74) is 0. The Morgan fingerprint density at radius 1 is 0.886 bits per heavy atom. The number of ether oxygens (including phenoxy) is 2. The van der Waals surface area contributed by atoms with Crippen LogP contribution >= 0.6 is 0 Å². The van der Waals surface area contributed by atoms with Crippen LogP contribution in [0.25, 0.3) is 0 Å². The number of carboxylic acid groups (broad SMARTS) is 1. The van der Waals surface area contributed by atoms with Gasteiger partial charge in [-0.1, -0.05) is 38.5 Å². The predicted molar refractivity (Wildman–Crippen MR) is 127 cm³/mol. The van der Waals surface area contributed by atoms with E-state index in [2.05, 4.69) is 20.9 Å². The summed E-state index contributed by atoms with van der Waals surface area (Å²) >= 11 is 0. The van der Waals surface area contributed by atoms with E-state index in [1.807, 2.05) is 0 Å². The van der Waals surface area contributed by atoms with Crippen molar-refractivity contribution >= 4 is 30.0 Å². The van der Waals surface area contributed by atoms with Crippen molar-refractivity contribution in [1.29, 1.82) is 0 Å². The lowest BCUT2D eigenvalue weighted by Crippen LogP contribution is -2.61. The van der Waals surface area contributed by atoms with E-state index in [0.29, 0.717) is 37.9 Å². The molecule has 0 aromatic rings. The number of carbonyl (C=O) groups is 4. The van der Waals surface area contributed by atoms with Crippen LogP contribution in [0, 0.1) is 17.8 Å². The second-order valence-corrected chi connectivity index (χ2v) is 9.76. The quantitative estimate of drug-likeness (QED) is 0.166. The third kappa shape index (κ3) is 9.03. The zero-order chi connectivity index (χ0) is 25.0. The summed E-state index contributed by atoms with van der Waals surface area (Å²) < 4.78 is 10.7. The van der Waals surface area contributed by atoms with Crippen LogP contribution in [0.4, 0.5) is 9.59 Å². The van der Waals surface area contributed by atoms with Gasteiger partial charge in [-0.3, -0.25) is 20.4 Å². The lowest BCUT2D eigenvalue weighted by molar-refractivity contribution is -0.153. The van der Waals surface area contributed by atoms with Crippen LogP contribution in [0.1, 0.15) is 77.0 Å². The average molecular weight is 495 g/mol. The van der Waals surface area contributed by atoms with Crippen molar-refractivity contribution in [2.75, 3.05) is 19.8 Å². The first-order valence-corrected chi connectivity index (χ1v) is 12.9. The van der Waals surface area contributed by atoms with E-state index < -0.39 is 30.1 Å². The molecular formula is C24H38N4O7. The molecule has 0 aromatic heterocycles. The Labute approximate surface area is 205 Å². The maximum Gasteiger partial charge on any atom is 0.413 e. The highest BCUT2D eigenvalue weighted by molar-refractivity contribution is 6.01. The molecule has 2 saturated carbocycles. The minimum absolute atomic E-state index is 0.0832. The van der Waals surface area contributed by atoms with Crippen LogP contribution in [-0.2, 0) is 19.1 Å². The first kappa shape index (κ1) is 26.7. The molecule has 2 atom stereocenters. The van der Waals surface area contributed by atoms with Gasteiger partial charge in [0.15, 0.2) is 0 Å². The number of guanidine groups is 1. The van der Waals surface area contributed by atoms with Crippen molar-refractivity contribution in [1.82, 2.24) is 16.0 Å². The van der Waals surface area contributed by atoms with Crippen molar-refractivity contribution < 1.29 is 33.8 Å². The molecule has 4 N–H and O–H groups in total. The fraction of sp³-hybridized carbons (Fsp3) is 0.792. The van der Waals surface area contributed by atoms with E-state index in [1.165, 1.54) is 12.8 Å². The zero-order valence-electron chi connectivity index (χ0n) is 20.3. The Morgan fingerprint density at radius 3 is 1.86 bits per heavy atom. The van der Waals surface area contributed by atoms with Gasteiger partial charge >= 0.3 is 18.2 Å². The van der Waals surface area contributed by atoms with Gasteiger partial charge in [-0.25, -0.2) is 14.4 Å². The molecule has 0 spiro atoms.